The summed E-state index contributed by atoms with van der Waals surface area (Å²) >= 11 is 6.15. The molecule has 0 bridgehead atoms. The van der Waals surface area contributed by atoms with Crippen LogP contribution in [0.3, 0.4) is 0 Å². The summed E-state index contributed by atoms with van der Waals surface area (Å²) in [7, 11) is 1.60. The number of hydrogen-bond acceptors (Lipinski definition) is 3. The number of nitrogens with zero attached hydrogens (tertiary/aromatic N) is 1. The lowest BCUT2D eigenvalue weighted by atomic mass is 9.93. The molecule has 0 aliphatic heterocycles. The zero-order valence-electron chi connectivity index (χ0n) is 12.2. The first-order chi connectivity index (χ1) is 9.32. The Balaban J connectivity index is 2.44. The van der Waals surface area contributed by atoms with Crippen molar-refractivity contribution in [3.8, 4) is 17.0 Å². The number of rotatable bonds is 3. The monoisotopic (exact) mass is 290 g/mol. The van der Waals surface area contributed by atoms with Gasteiger partial charge in [-0.25, -0.2) is 0 Å². The average molecular weight is 291 g/mol. The number of ether oxygens (including phenoxy) is 1. The Morgan fingerprint density at radius 2 is 1.90 bits per heavy atom. The summed E-state index contributed by atoms with van der Waals surface area (Å²) in [6, 6.07) is 9.63. The molecule has 0 saturated carbocycles. The maximum absolute atomic E-state index is 6.15. The highest BCUT2D eigenvalue weighted by Gasteiger charge is 2.18. The van der Waals surface area contributed by atoms with Crippen LogP contribution in [0.15, 0.2) is 30.3 Å². The molecule has 0 amide bonds. The molecular formula is C16H19ClN2O. The van der Waals surface area contributed by atoms with E-state index in [1.165, 1.54) is 0 Å². The molecule has 0 aliphatic rings. The summed E-state index contributed by atoms with van der Waals surface area (Å²) in [4.78, 5) is 4.63. The minimum Gasteiger partial charge on any atom is -0.495 e. The van der Waals surface area contributed by atoms with Crippen LogP contribution in [0.1, 0.15) is 25.1 Å². The third-order valence-corrected chi connectivity index (χ3v) is 3.52. The molecule has 4 heteroatoms. The van der Waals surface area contributed by atoms with Crippen molar-refractivity contribution in [2.24, 2.45) is 5.73 Å². The van der Waals surface area contributed by atoms with Crippen LogP contribution in [-0.4, -0.2) is 12.1 Å². The summed E-state index contributed by atoms with van der Waals surface area (Å²) in [6.07, 6.45) is 0. The third-order valence-electron chi connectivity index (χ3n) is 3.23. The summed E-state index contributed by atoms with van der Waals surface area (Å²) in [5.74, 6) is 0.659. The molecule has 2 N–H and O–H groups in total. The van der Waals surface area contributed by atoms with Crippen LogP contribution in [-0.2, 0) is 5.54 Å². The Kier molecular flexibility index (Phi) is 4.02. The van der Waals surface area contributed by atoms with Gasteiger partial charge in [-0.2, -0.15) is 0 Å². The van der Waals surface area contributed by atoms with Crippen LogP contribution in [0, 0.1) is 6.92 Å². The number of nitrogens with two attached hydrogens (primary N) is 1. The van der Waals surface area contributed by atoms with Crippen molar-refractivity contribution < 1.29 is 4.74 Å². The van der Waals surface area contributed by atoms with Gasteiger partial charge in [-0.05, 0) is 50.6 Å². The zero-order valence-corrected chi connectivity index (χ0v) is 13.0. The van der Waals surface area contributed by atoms with E-state index in [0.29, 0.717) is 10.8 Å². The number of hydrogen-bond donors (Lipinski definition) is 1. The standard InChI is InChI=1S/C16H19ClN2O/c1-10-12(16(2,3)18)6-7-14(19-10)11-5-8-15(20-4)13(17)9-11/h5-9H,18H2,1-4H3. The number of pyridine rings is 1. The first-order valence-corrected chi connectivity index (χ1v) is 6.81. The predicted molar refractivity (Wildman–Crippen MR) is 83.2 cm³/mol. The molecule has 0 aliphatic carbocycles. The molecule has 1 heterocycles. The second-order valence-corrected chi connectivity index (χ2v) is 5.81. The lowest BCUT2D eigenvalue weighted by Gasteiger charge is -2.21. The second-order valence-electron chi connectivity index (χ2n) is 5.40. The van der Waals surface area contributed by atoms with Crippen LogP contribution in [0.2, 0.25) is 5.02 Å². The normalized spacial score (nSPS) is 11.5. The van der Waals surface area contributed by atoms with Gasteiger partial charge in [-0.3, -0.25) is 4.98 Å². The lowest BCUT2D eigenvalue weighted by molar-refractivity contribution is 0.415. The van der Waals surface area contributed by atoms with Gasteiger partial charge in [-0.15, -0.1) is 0 Å². The first kappa shape index (κ1) is 14.8. The van der Waals surface area contributed by atoms with Gasteiger partial charge in [0.1, 0.15) is 5.75 Å². The van der Waals surface area contributed by atoms with Crippen molar-refractivity contribution in [3.05, 3.63) is 46.6 Å². The maximum atomic E-state index is 6.15. The van der Waals surface area contributed by atoms with E-state index in [9.17, 15) is 0 Å². The Morgan fingerprint density at radius 1 is 1.20 bits per heavy atom. The van der Waals surface area contributed by atoms with Crippen LogP contribution in [0.5, 0.6) is 5.75 Å². The van der Waals surface area contributed by atoms with Gasteiger partial charge in [0.15, 0.2) is 0 Å². The van der Waals surface area contributed by atoms with E-state index in [-0.39, 0.29) is 0 Å². The van der Waals surface area contributed by atoms with Crippen molar-refractivity contribution >= 4 is 11.6 Å². The molecule has 0 fully saturated rings. The van der Waals surface area contributed by atoms with Crippen molar-refractivity contribution in [1.82, 2.24) is 4.98 Å². The Morgan fingerprint density at radius 3 is 2.40 bits per heavy atom. The van der Waals surface area contributed by atoms with Crippen molar-refractivity contribution in [2.75, 3.05) is 7.11 Å². The van der Waals surface area contributed by atoms with Gasteiger partial charge >= 0.3 is 0 Å². The van der Waals surface area contributed by atoms with Crippen LogP contribution in [0.25, 0.3) is 11.3 Å². The fourth-order valence-electron chi connectivity index (χ4n) is 2.23. The van der Waals surface area contributed by atoms with E-state index in [1.54, 1.807) is 7.11 Å². The summed E-state index contributed by atoms with van der Waals surface area (Å²) < 4.78 is 5.15. The van der Waals surface area contributed by atoms with E-state index in [0.717, 1.165) is 22.5 Å². The van der Waals surface area contributed by atoms with Gasteiger partial charge < -0.3 is 10.5 Å². The summed E-state index contributed by atoms with van der Waals surface area (Å²) in [6.45, 7) is 5.92. The zero-order chi connectivity index (χ0) is 14.9. The Hall–Kier alpha value is -1.58. The van der Waals surface area contributed by atoms with Gasteiger partial charge in [0.2, 0.25) is 0 Å². The summed E-state index contributed by atoms with van der Waals surface area (Å²) in [5, 5.41) is 0.577. The smallest absolute Gasteiger partial charge is 0.137 e. The molecule has 0 saturated heterocycles. The fourth-order valence-corrected chi connectivity index (χ4v) is 2.49. The number of methoxy groups -OCH3 is 1. The van der Waals surface area contributed by atoms with Crippen LogP contribution in [0.4, 0.5) is 0 Å². The van der Waals surface area contributed by atoms with E-state index >= 15 is 0 Å². The number of aromatic nitrogens is 1. The number of halogens is 1. The van der Waals surface area contributed by atoms with Gasteiger partial charge in [0.25, 0.3) is 0 Å². The van der Waals surface area contributed by atoms with Crippen molar-refractivity contribution in [3.63, 3.8) is 0 Å². The SMILES string of the molecule is COc1ccc(-c2ccc(C(C)(C)N)c(C)n2)cc1Cl. The van der Waals surface area contributed by atoms with E-state index in [1.807, 2.05) is 51.1 Å². The summed E-state index contributed by atoms with van der Waals surface area (Å²) in [5.41, 5.74) is 9.54. The van der Waals surface area contributed by atoms with Crippen molar-refractivity contribution in [2.45, 2.75) is 26.3 Å². The Bertz CT molecular complexity index is 633. The van der Waals surface area contributed by atoms with Gasteiger partial charge in [-0.1, -0.05) is 17.7 Å². The molecule has 2 aromatic rings. The minimum atomic E-state index is -0.396. The van der Waals surface area contributed by atoms with Crippen LogP contribution >= 0.6 is 11.6 Å². The minimum absolute atomic E-state index is 0.396. The molecule has 0 radical (unpaired) electrons. The number of benzene rings is 1. The van der Waals surface area contributed by atoms with E-state index < -0.39 is 5.54 Å². The van der Waals surface area contributed by atoms with Crippen LogP contribution < -0.4 is 10.5 Å². The highest BCUT2D eigenvalue weighted by molar-refractivity contribution is 6.32. The molecular weight excluding hydrogens is 272 g/mol. The van der Waals surface area contributed by atoms with Crippen molar-refractivity contribution in [1.29, 1.82) is 0 Å². The lowest BCUT2D eigenvalue weighted by Crippen LogP contribution is -2.29. The highest BCUT2D eigenvalue weighted by Crippen LogP contribution is 2.30. The van der Waals surface area contributed by atoms with Gasteiger partial charge in [0.05, 0.1) is 17.8 Å². The topological polar surface area (TPSA) is 48.1 Å². The molecule has 1 aromatic carbocycles. The second kappa shape index (κ2) is 5.43. The van der Waals surface area contributed by atoms with E-state index in [2.05, 4.69) is 4.98 Å². The molecule has 20 heavy (non-hydrogen) atoms. The molecule has 3 nitrogen and oxygen atoms in total. The number of aryl methyl sites for hydroxylation is 1. The maximum Gasteiger partial charge on any atom is 0.137 e. The highest BCUT2D eigenvalue weighted by atomic mass is 35.5. The first-order valence-electron chi connectivity index (χ1n) is 6.44. The average Bonchev–Trinajstić information content (AvgIpc) is 2.37. The van der Waals surface area contributed by atoms with Gasteiger partial charge in [0, 0.05) is 16.8 Å². The molecule has 0 spiro atoms. The van der Waals surface area contributed by atoms with E-state index in [4.69, 9.17) is 22.1 Å². The molecule has 0 unspecified atom stereocenters. The predicted octanol–water partition coefficient (Wildman–Crippen LogP) is 3.91. The molecule has 0 atom stereocenters. The fraction of sp³-hybridized carbons (Fsp3) is 0.312. The molecule has 2 rings (SSSR count). The molecule has 106 valence electrons. The Labute approximate surface area is 124 Å². The molecule has 1 aromatic heterocycles. The largest absolute Gasteiger partial charge is 0.495 e. The third kappa shape index (κ3) is 2.94. The quantitative estimate of drug-likeness (QED) is 0.932.